The number of ether oxygens (including phenoxy) is 3. The molecule has 1 saturated carbocycles. The van der Waals surface area contributed by atoms with Crippen LogP contribution in [0.2, 0.25) is 0 Å². The molecule has 2 bridgehead atoms. The Morgan fingerprint density at radius 1 is 1.24 bits per heavy atom. The van der Waals surface area contributed by atoms with Crippen molar-refractivity contribution in [2.75, 3.05) is 6.61 Å². The summed E-state index contributed by atoms with van der Waals surface area (Å²) in [5, 5.41) is 0. The number of hydrogen-bond acceptors (Lipinski definition) is 5. The van der Waals surface area contributed by atoms with Gasteiger partial charge >= 0.3 is 12.6 Å². The first-order chi connectivity index (χ1) is 13.9. The first kappa shape index (κ1) is 18.1. The van der Waals surface area contributed by atoms with Crippen molar-refractivity contribution >= 4 is 11.6 Å². The molecule has 4 heterocycles. The summed E-state index contributed by atoms with van der Waals surface area (Å²) < 4.78 is 43.2. The van der Waals surface area contributed by atoms with Gasteiger partial charge in [-0.15, -0.1) is 0 Å². The van der Waals surface area contributed by atoms with Crippen LogP contribution >= 0.6 is 0 Å². The van der Waals surface area contributed by atoms with E-state index in [0.717, 1.165) is 18.5 Å². The van der Waals surface area contributed by atoms with Crippen molar-refractivity contribution in [3.63, 3.8) is 0 Å². The number of carbonyl (C=O) groups is 1. The Bertz CT molecular complexity index is 1090. The summed E-state index contributed by atoms with van der Waals surface area (Å²) in [6.07, 6.45) is 4.97. The van der Waals surface area contributed by atoms with Crippen molar-refractivity contribution in [1.82, 2.24) is 9.38 Å². The zero-order chi connectivity index (χ0) is 20.2. The van der Waals surface area contributed by atoms with Gasteiger partial charge < -0.3 is 18.6 Å². The normalized spacial score (nSPS) is 25.2. The van der Waals surface area contributed by atoms with Crippen LogP contribution in [0, 0.1) is 0 Å². The van der Waals surface area contributed by atoms with E-state index in [1.807, 2.05) is 6.20 Å². The molecule has 0 atom stereocenters. The van der Waals surface area contributed by atoms with E-state index in [0.29, 0.717) is 18.0 Å². The van der Waals surface area contributed by atoms with Gasteiger partial charge in [0, 0.05) is 23.9 Å². The van der Waals surface area contributed by atoms with Gasteiger partial charge in [0.1, 0.15) is 22.7 Å². The van der Waals surface area contributed by atoms with Crippen molar-refractivity contribution in [3.8, 4) is 11.5 Å². The van der Waals surface area contributed by atoms with Crippen LogP contribution in [0.4, 0.5) is 8.78 Å². The number of carbonyl (C=O) groups excluding carboxylic acids is 1. The van der Waals surface area contributed by atoms with Crippen molar-refractivity contribution in [1.29, 1.82) is 0 Å². The van der Waals surface area contributed by atoms with Gasteiger partial charge in [0.2, 0.25) is 0 Å². The molecule has 8 heteroatoms. The predicted molar refractivity (Wildman–Crippen MR) is 98.5 cm³/mol. The summed E-state index contributed by atoms with van der Waals surface area (Å²) in [7, 11) is 0. The molecule has 0 unspecified atom stereocenters. The van der Waals surface area contributed by atoms with Gasteiger partial charge in [-0.2, -0.15) is 8.78 Å². The van der Waals surface area contributed by atoms with E-state index in [1.165, 1.54) is 12.3 Å². The second kappa shape index (κ2) is 6.25. The van der Waals surface area contributed by atoms with Gasteiger partial charge in [-0.25, -0.2) is 9.78 Å². The summed E-state index contributed by atoms with van der Waals surface area (Å²) in [6.45, 7) is -0.430. The second-order valence-electron chi connectivity index (χ2n) is 7.90. The van der Waals surface area contributed by atoms with Crippen molar-refractivity contribution in [3.05, 3.63) is 60.0 Å². The molecule has 3 aliphatic rings. The van der Waals surface area contributed by atoms with Gasteiger partial charge in [-0.3, -0.25) is 0 Å². The summed E-state index contributed by atoms with van der Waals surface area (Å²) in [6, 6.07) is 9.74. The molecule has 150 valence electrons. The van der Waals surface area contributed by atoms with E-state index in [9.17, 15) is 13.6 Å². The van der Waals surface area contributed by atoms with E-state index < -0.39 is 12.6 Å². The molecule has 6 rings (SSSR count). The number of benzene rings is 1. The van der Waals surface area contributed by atoms with Crippen LogP contribution in [0.1, 0.15) is 35.8 Å². The van der Waals surface area contributed by atoms with Crippen molar-refractivity contribution < 1.29 is 27.8 Å². The molecule has 1 aliphatic carbocycles. The van der Waals surface area contributed by atoms with Crippen LogP contribution in [-0.4, -0.2) is 34.2 Å². The standard InChI is InChI=1S/C21H18F2N2O4/c1-20-10-21(11-20,12-27-20)16-9-25-8-14(15(29-19(22)23)7-17(25)24-16)18(26)28-13-5-3-2-4-6-13/h2-9,19H,10-12H2,1H3. The molecule has 2 saturated heterocycles. The maximum Gasteiger partial charge on any atom is 0.387 e. The maximum absolute atomic E-state index is 12.9. The summed E-state index contributed by atoms with van der Waals surface area (Å²) in [5.74, 6) is -0.755. The summed E-state index contributed by atoms with van der Waals surface area (Å²) in [4.78, 5) is 17.2. The van der Waals surface area contributed by atoms with Crippen molar-refractivity contribution in [2.45, 2.75) is 37.4 Å². The Labute approximate surface area is 165 Å². The molecule has 0 radical (unpaired) electrons. The zero-order valence-electron chi connectivity index (χ0n) is 15.6. The summed E-state index contributed by atoms with van der Waals surface area (Å²) >= 11 is 0. The van der Waals surface area contributed by atoms with Crippen LogP contribution in [0.5, 0.6) is 11.5 Å². The Morgan fingerprint density at radius 2 is 2.00 bits per heavy atom. The molecule has 6 nitrogen and oxygen atoms in total. The SMILES string of the molecule is CC12CC(c3cn4cc(C(=O)Oc5ccccc5)c(OC(F)F)cc4n3)(CO1)C2. The Hall–Kier alpha value is -3.00. The molecular weight excluding hydrogens is 382 g/mol. The lowest BCUT2D eigenvalue weighted by molar-refractivity contribution is -0.0502. The predicted octanol–water partition coefficient (Wildman–Crippen LogP) is 3.98. The first-order valence-corrected chi connectivity index (χ1v) is 9.25. The van der Waals surface area contributed by atoms with Crippen molar-refractivity contribution in [2.24, 2.45) is 0 Å². The zero-order valence-corrected chi connectivity index (χ0v) is 15.6. The van der Waals surface area contributed by atoms with Crippen LogP contribution < -0.4 is 9.47 Å². The largest absolute Gasteiger partial charge is 0.434 e. The Balaban J connectivity index is 1.52. The minimum absolute atomic E-state index is 0.107. The van der Waals surface area contributed by atoms with E-state index in [1.54, 1.807) is 34.7 Å². The maximum atomic E-state index is 12.9. The molecule has 0 N–H and O–H groups in total. The molecule has 29 heavy (non-hydrogen) atoms. The quantitative estimate of drug-likeness (QED) is 0.479. The van der Waals surface area contributed by atoms with Crippen LogP contribution in [0.15, 0.2) is 48.8 Å². The van der Waals surface area contributed by atoms with Gasteiger partial charge in [0.25, 0.3) is 0 Å². The topological polar surface area (TPSA) is 62.1 Å². The molecule has 0 spiro atoms. The lowest BCUT2D eigenvalue weighted by atomic mass is 9.62. The highest BCUT2D eigenvalue weighted by molar-refractivity contribution is 5.94. The third-order valence-electron chi connectivity index (χ3n) is 5.61. The highest BCUT2D eigenvalue weighted by Gasteiger charge is 2.61. The number of rotatable bonds is 5. The van der Waals surface area contributed by atoms with Gasteiger partial charge in [0.05, 0.1) is 17.9 Å². The molecule has 2 aromatic heterocycles. The smallest absolute Gasteiger partial charge is 0.387 e. The van der Waals surface area contributed by atoms with Gasteiger partial charge in [-0.1, -0.05) is 18.2 Å². The van der Waals surface area contributed by atoms with E-state index in [4.69, 9.17) is 9.47 Å². The number of hydrogen-bond donors (Lipinski definition) is 0. The number of alkyl halides is 2. The second-order valence-corrected chi connectivity index (χ2v) is 7.90. The number of para-hydroxylation sites is 1. The van der Waals surface area contributed by atoms with E-state index in [2.05, 4.69) is 16.6 Å². The molecule has 3 fully saturated rings. The summed E-state index contributed by atoms with van der Waals surface area (Å²) in [5.41, 5.74) is 0.870. The molecule has 3 aromatic rings. The number of esters is 1. The van der Waals surface area contributed by atoms with Crippen LogP contribution in [0.3, 0.4) is 0 Å². The minimum Gasteiger partial charge on any atom is -0.434 e. The number of pyridine rings is 1. The van der Waals surface area contributed by atoms with Crippen LogP contribution in [-0.2, 0) is 10.2 Å². The lowest BCUT2D eigenvalue weighted by Gasteiger charge is -2.41. The molecule has 2 aliphatic heterocycles. The number of imidazole rings is 1. The van der Waals surface area contributed by atoms with E-state index in [-0.39, 0.29) is 22.3 Å². The number of halogens is 2. The monoisotopic (exact) mass is 400 g/mol. The molecule has 0 amide bonds. The van der Waals surface area contributed by atoms with Crippen LogP contribution in [0.25, 0.3) is 5.65 Å². The Kier molecular flexibility index (Phi) is 3.89. The highest BCUT2D eigenvalue weighted by Crippen LogP contribution is 2.58. The minimum atomic E-state index is -3.08. The Morgan fingerprint density at radius 3 is 2.66 bits per heavy atom. The highest BCUT2D eigenvalue weighted by atomic mass is 19.3. The average molecular weight is 400 g/mol. The fourth-order valence-corrected chi connectivity index (χ4v) is 4.42. The first-order valence-electron chi connectivity index (χ1n) is 9.25. The van der Waals surface area contributed by atoms with Gasteiger partial charge in [0.15, 0.2) is 0 Å². The fourth-order valence-electron chi connectivity index (χ4n) is 4.42. The third kappa shape index (κ3) is 3.04. The van der Waals surface area contributed by atoms with E-state index >= 15 is 0 Å². The lowest BCUT2D eigenvalue weighted by Crippen LogP contribution is -2.45. The van der Waals surface area contributed by atoms with Gasteiger partial charge in [-0.05, 0) is 31.9 Å². The number of fused-ring (bicyclic) bond motifs is 2. The fraction of sp³-hybridized carbons (Fsp3) is 0.333. The molecular formula is C21H18F2N2O4. The average Bonchev–Trinajstić information content (AvgIpc) is 3.31. The molecule has 1 aromatic carbocycles. The number of nitrogens with zero attached hydrogens (tertiary/aromatic N) is 2. The number of aromatic nitrogens is 2. The third-order valence-corrected chi connectivity index (χ3v) is 5.61.